The summed E-state index contributed by atoms with van der Waals surface area (Å²) >= 11 is 0. The van der Waals surface area contributed by atoms with E-state index >= 15 is 0 Å². The molecule has 3 aromatic carbocycles. The molecule has 0 aliphatic heterocycles. The van der Waals surface area contributed by atoms with E-state index in [0.717, 1.165) is 28.6 Å². The van der Waals surface area contributed by atoms with Gasteiger partial charge < -0.3 is 5.73 Å². The van der Waals surface area contributed by atoms with Crippen LogP contribution in [0.5, 0.6) is 0 Å². The van der Waals surface area contributed by atoms with E-state index in [-0.39, 0.29) is 0 Å². The van der Waals surface area contributed by atoms with Crippen LogP contribution in [-0.4, -0.2) is 0 Å². The summed E-state index contributed by atoms with van der Waals surface area (Å²) in [4.78, 5) is 0. The van der Waals surface area contributed by atoms with Crippen LogP contribution in [0.3, 0.4) is 0 Å². The number of aryl methyl sites for hydroxylation is 1. The standard InChI is InChI=1S/C34H49N3/c1-2-3-4-5-6-7-8-9-10-11-12-13-14-15-16-17-20-29-23-26-31(27-24-29)36-37-34-32-22-19-18-21-30(32)25-28-33(34)35/h18-19,21-28H,2-17,20,35H2,1H3/b37-36+. The molecule has 0 unspecified atom stereocenters. The van der Waals surface area contributed by atoms with Crippen molar-refractivity contribution < 1.29 is 0 Å². The normalized spacial score (nSPS) is 11.6. The number of hydrogen-bond acceptors (Lipinski definition) is 3. The summed E-state index contributed by atoms with van der Waals surface area (Å²) in [5, 5.41) is 11.1. The number of fused-ring (bicyclic) bond motifs is 1. The van der Waals surface area contributed by atoms with Gasteiger partial charge in [-0.05, 0) is 42.0 Å². The lowest BCUT2D eigenvalue weighted by atomic mass is 10.0. The van der Waals surface area contributed by atoms with Crippen LogP contribution in [-0.2, 0) is 6.42 Å². The first kappa shape index (κ1) is 28.9. The van der Waals surface area contributed by atoms with Gasteiger partial charge in [-0.2, -0.15) is 5.11 Å². The molecule has 37 heavy (non-hydrogen) atoms. The predicted molar refractivity (Wildman–Crippen MR) is 162 cm³/mol. The number of benzene rings is 3. The first-order valence-corrected chi connectivity index (χ1v) is 15.1. The first-order valence-electron chi connectivity index (χ1n) is 15.1. The highest BCUT2D eigenvalue weighted by Crippen LogP contribution is 2.33. The number of azo groups is 1. The quantitative estimate of drug-likeness (QED) is 0.0994. The molecule has 200 valence electrons. The van der Waals surface area contributed by atoms with E-state index in [1.165, 1.54) is 108 Å². The zero-order valence-corrected chi connectivity index (χ0v) is 23.3. The lowest BCUT2D eigenvalue weighted by molar-refractivity contribution is 0.529. The molecule has 0 atom stereocenters. The summed E-state index contributed by atoms with van der Waals surface area (Å²) in [6, 6.07) is 20.6. The van der Waals surface area contributed by atoms with Crippen molar-refractivity contribution in [3.63, 3.8) is 0 Å². The van der Waals surface area contributed by atoms with Crippen molar-refractivity contribution in [1.29, 1.82) is 0 Å². The van der Waals surface area contributed by atoms with Gasteiger partial charge in [-0.15, -0.1) is 5.11 Å². The number of nitrogen functional groups attached to an aromatic ring is 1. The molecule has 0 heterocycles. The molecule has 0 spiro atoms. The van der Waals surface area contributed by atoms with Gasteiger partial charge in [0.2, 0.25) is 0 Å². The SMILES string of the molecule is CCCCCCCCCCCCCCCCCCc1ccc(/N=N/c2c(N)ccc3ccccc23)cc1. The van der Waals surface area contributed by atoms with Gasteiger partial charge in [0.25, 0.3) is 0 Å². The maximum absolute atomic E-state index is 6.17. The molecule has 3 aromatic rings. The molecule has 0 amide bonds. The van der Waals surface area contributed by atoms with Crippen molar-refractivity contribution in [2.45, 2.75) is 116 Å². The summed E-state index contributed by atoms with van der Waals surface area (Å²) in [7, 11) is 0. The minimum atomic E-state index is 0.655. The minimum absolute atomic E-state index is 0.655. The molecule has 0 fully saturated rings. The van der Waals surface area contributed by atoms with Gasteiger partial charge in [0, 0.05) is 5.39 Å². The summed E-state index contributed by atoms with van der Waals surface area (Å²) in [5.74, 6) is 0. The van der Waals surface area contributed by atoms with Gasteiger partial charge in [0.05, 0.1) is 11.4 Å². The van der Waals surface area contributed by atoms with Crippen molar-refractivity contribution in [1.82, 2.24) is 0 Å². The van der Waals surface area contributed by atoms with Crippen molar-refractivity contribution >= 4 is 27.8 Å². The second-order valence-corrected chi connectivity index (χ2v) is 10.6. The third-order valence-corrected chi connectivity index (χ3v) is 7.45. The van der Waals surface area contributed by atoms with E-state index < -0.39 is 0 Å². The topological polar surface area (TPSA) is 50.7 Å². The molecule has 0 aliphatic rings. The molecule has 0 saturated carbocycles. The van der Waals surface area contributed by atoms with Crippen LogP contribution in [0, 0.1) is 0 Å². The number of unbranched alkanes of at least 4 members (excludes halogenated alkanes) is 15. The fourth-order valence-electron chi connectivity index (χ4n) is 5.10. The second-order valence-electron chi connectivity index (χ2n) is 10.6. The number of hydrogen-bond donors (Lipinski definition) is 1. The Labute approximate surface area is 226 Å². The first-order chi connectivity index (χ1) is 18.3. The third-order valence-electron chi connectivity index (χ3n) is 7.45. The van der Waals surface area contributed by atoms with Crippen LogP contribution in [0.1, 0.15) is 115 Å². The molecule has 0 saturated heterocycles. The molecule has 3 heteroatoms. The fourth-order valence-corrected chi connectivity index (χ4v) is 5.10. The average Bonchev–Trinajstić information content (AvgIpc) is 2.93. The van der Waals surface area contributed by atoms with Crippen molar-refractivity contribution in [2.24, 2.45) is 10.2 Å². The summed E-state index contributed by atoms with van der Waals surface area (Å²) < 4.78 is 0. The van der Waals surface area contributed by atoms with Crippen LogP contribution in [0.25, 0.3) is 10.8 Å². The molecule has 0 aliphatic carbocycles. The third kappa shape index (κ3) is 11.1. The summed E-state index contributed by atoms with van der Waals surface area (Å²) in [5.41, 5.74) is 9.82. The highest BCUT2D eigenvalue weighted by molar-refractivity contribution is 5.97. The second kappa shape index (κ2) is 17.7. The van der Waals surface area contributed by atoms with E-state index in [0.29, 0.717) is 5.69 Å². The van der Waals surface area contributed by atoms with E-state index in [1.807, 2.05) is 30.3 Å². The van der Waals surface area contributed by atoms with Crippen LogP contribution in [0.15, 0.2) is 70.9 Å². The average molecular weight is 500 g/mol. The maximum atomic E-state index is 6.17. The molecule has 2 N–H and O–H groups in total. The minimum Gasteiger partial charge on any atom is -0.397 e. The van der Waals surface area contributed by atoms with Gasteiger partial charge in [0.1, 0.15) is 5.69 Å². The predicted octanol–water partition coefficient (Wildman–Crippen LogP) is 11.6. The Hall–Kier alpha value is -2.68. The Bertz CT molecular complexity index is 1040. The Balaban J connectivity index is 1.22. The Morgan fingerprint density at radius 2 is 1.08 bits per heavy atom. The Morgan fingerprint density at radius 1 is 0.541 bits per heavy atom. The van der Waals surface area contributed by atoms with Gasteiger partial charge in [-0.1, -0.05) is 146 Å². The number of nitrogens with zero attached hydrogens (tertiary/aromatic N) is 2. The summed E-state index contributed by atoms with van der Waals surface area (Å²) in [6.07, 6.45) is 23.7. The van der Waals surface area contributed by atoms with Crippen LogP contribution in [0.4, 0.5) is 17.1 Å². The molecule has 3 rings (SSSR count). The Kier molecular flexibility index (Phi) is 13.8. The van der Waals surface area contributed by atoms with Gasteiger partial charge in [-0.25, -0.2) is 0 Å². The van der Waals surface area contributed by atoms with Crippen molar-refractivity contribution in [3.05, 3.63) is 66.2 Å². The zero-order valence-electron chi connectivity index (χ0n) is 23.3. The zero-order chi connectivity index (χ0) is 26.0. The van der Waals surface area contributed by atoms with Gasteiger partial charge in [-0.3, -0.25) is 0 Å². The van der Waals surface area contributed by atoms with Gasteiger partial charge in [0.15, 0.2) is 0 Å². The van der Waals surface area contributed by atoms with E-state index in [2.05, 4.69) is 47.5 Å². The molecular formula is C34H49N3. The maximum Gasteiger partial charge on any atom is 0.116 e. The Morgan fingerprint density at radius 3 is 1.68 bits per heavy atom. The smallest absolute Gasteiger partial charge is 0.116 e. The van der Waals surface area contributed by atoms with Crippen molar-refractivity contribution in [2.75, 3.05) is 5.73 Å². The van der Waals surface area contributed by atoms with E-state index in [9.17, 15) is 0 Å². The van der Waals surface area contributed by atoms with Crippen LogP contribution in [0.2, 0.25) is 0 Å². The summed E-state index contributed by atoms with van der Waals surface area (Å²) in [6.45, 7) is 2.29. The lowest BCUT2D eigenvalue weighted by Crippen LogP contribution is -1.87. The number of nitrogens with two attached hydrogens (primary N) is 1. The molecule has 0 aromatic heterocycles. The molecule has 3 nitrogen and oxygen atoms in total. The van der Waals surface area contributed by atoms with Crippen molar-refractivity contribution in [3.8, 4) is 0 Å². The van der Waals surface area contributed by atoms with E-state index in [4.69, 9.17) is 5.73 Å². The lowest BCUT2D eigenvalue weighted by Gasteiger charge is -2.05. The molecule has 0 radical (unpaired) electrons. The fraction of sp³-hybridized carbons (Fsp3) is 0.529. The van der Waals surface area contributed by atoms with E-state index in [1.54, 1.807) is 0 Å². The van der Waals surface area contributed by atoms with Crippen LogP contribution < -0.4 is 5.73 Å². The molecular weight excluding hydrogens is 450 g/mol. The van der Waals surface area contributed by atoms with Crippen LogP contribution >= 0.6 is 0 Å². The molecule has 0 bridgehead atoms. The number of rotatable bonds is 19. The number of anilines is 1. The monoisotopic (exact) mass is 499 g/mol. The largest absolute Gasteiger partial charge is 0.397 e. The highest BCUT2D eigenvalue weighted by atomic mass is 15.1. The highest BCUT2D eigenvalue weighted by Gasteiger charge is 2.04. The van der Waals surface area contributed by atoms with Gasteiger partial charge >= 0.3 is 0 Å².